The summed E-state index contributed by atoms with van der Waals surface area (Å²) >= 11 is 5.93. The third-order valence-electron chi connectivity index (χ3n) is 4.31. The highest BCUT2D eigenvalue weighted by molar-refractivity contribution is 6.30. The molecule has 0 aliphatic rings. The molecule has 30 heavy (non-hydrogen) atoms. The summed E-state index contributed by atoms with van der Waals surface area (Å²) in [6, 6.07) is 14.7. The van der Waals surface area contributed by atoms with E-state index in [9.17, 15) is 14.4 Å². The molecule has 0 unspecified atom stereocenters. The summed E-state index contributed by atoms with van der Waals surface area (Å²) in [4.78, 5) is 37.2. The van der Waals surface area contributed by atoms with Gasteiger partial charge in [-0.05, 0) is 55.8 Å². The second kappa shape index (κ2) is 9.37. The van der Waals surface area contributed by atoms with Gasteiger partial charge in [-0.1, -0.05) is 24.6 Å². The van der Waals surface area contributed by atoms with Crippen LogP contribution in [0.25, 0.3) is 5.69 Å². The highest BCUT2D eigenvalue weighted by Gasteiger charge is 2.16. The summed E-state index contributed by atoms with van der Waals surface area (Å²) in [6.07, 6.45) is 0.821. The second-order valence-corrected chi connectivity index (χ2v) is 7.11. The molecule has 7 nitrogen and oxygen atoms in total. The smallest absolute Gasteiger partial charge is 0.280 e. The Balaban J connectivity index is 1.87. The van der Waals surface area contributed by atoms with Gasteiger partial charge in [0.15, 0.2) is 5.69 Å². The van der Waals surface area contributed by atoms with E-state index in [0.717, 1.165) is 6.42 Å². The van der Waals surface area contributed by atoms with E-state index in [2.05, 4.69) is 15.7 Å². The molecular formula is C22H21ClN4O3. The van der Waals surface area contributed by atoms with E-state index >= 15 is 0 Å². The molecule has 0 saturated heterocycles. The molecule has 0 fully saturated rings. The summed E-state index contributed by atoms with van der Waals surface area (Å²) in [5.74, 6) is -0.889. The quantitative estimate of drug-likeness (QED) is 0.632. The summed E-state index contributed by atoms with van der Waals surface area (Å²) < 4.78 is 1.50. The van der Waals surface area contributed by atoms with Gasteiger partial charge >= 0.3 is 0 Å². The number of aryl methyl sites for hydroxylation is 1. The van der Waals surface area contributed by atoms with Crippen LogP contribution in [0.15, 0.2) is 59.4 Å². The molecule has 0 radical (unpaired) electrons. The number of nitrogens with zero attached hydrogens (tertiary/aromatic N) is 2. The third-order valence-corrected chi connectivity index (χ3v) is 4.56. The average molecular weight is 425 g/mol. The van der Waals surface area contributed by atoms with Crippen molar-refractivity contribution in [2.45, 2.75) is 20.3 Å². The number of rotatable bonds is 6. The van der Waals surface area contributed by atoms with E-state index in [1.54, 1.807) is 55.5 Å². The summed E-state index contributed by atoms with van der Waals surface area (Å²) in [5.41, 5.74) is 1.30. The Kier molecular flexibility index (Phi) is 6.64. The number of anilines is 1. The number of aromatic nitrogens is 2. The first-order valence-electron chi connectivity index (χ1n) is 9.45. The number of nitrogens with one attached hydrogen (secondary N) is 2. The Bertz CT molecular complexity index is 1140. The highest BCUT2D eigenvalue weighted by Crippen LogP contribution is 2.15. The molecule has 0 bridgehead atoms. The van der Waals surface area contributed by atoms with Crippen LogP contribution in [0.2, 0.25) is 5.02 Å². The second-order valence-electron chi connectivity index (χ2n) is 6.68. The molecule has 0 spiro atoms. The predicted molar refractivity (Wildman–Crippen MR) is 117 cm³/mol. The molecule has 8 heteroatoms. The van der Waals surface area contributed by atoms with E-state index in [-0.39, 0.29) is 11.6 Å². The van der Waals surface area contributed by atoms with E-state index in [4.69, 9.17) is 11.6 Å². The molecule has 1 heterocycles. The number of carbonyl (C=O) groups is 2. The molecule has 154 valence electrons. The Labute approximate surface area is 178 Å². The van der Waals surface area contributed by atoms with E-state index < -0.39 is 11.3 Å². The third kappa shape index (κ3) is 4.93. The van der Waals surface area contributed by atoms with Crippen molar-refractivity contribution in [1.82, 2.24) is 15.1 Å². The van der Waals surface area contributed by atoms with Crippen LogP contribution in [0, 0.1) is 6.92 Å². The Morgan fingerprint density at radius 3 is 2.50 bits per heavy atom. The molecule has 2 N–H and O–H groups in total. The fourth-order valence-electron chi connectivity index (χ4n) is 2.82. The lowest BCUT2D eigenvalue weighted by Gasteiger charge is -2.12. The van der Waals surface area contributed by atoms with Gasteiger partial charge in [0.25, 0.3) is 11.8 Å². The lowest BCUT2D eigenvalue weighted by atomic mass is 10.2. The molecule has 3 aromatic rings. The number of hydrogen-bond acceptors (Lipinski definition) is 4. The van der Waals surface area contributed by atoms with Gasteiger partial charge in [-0.15, -0.1) is 0 Å². The lowest BCUT2D eigenvalue weighted by molar-refractivity contribution is 0.0952. The molecule has 0 saturated carbocycles. The first kappa shape index (κ1) is 21.3. The number of halogens is 1. The van der Waals surface area contributed by atoms with Gasteiger partial charge in [-0.2, -0.15) is 5.10 Å². The van der Waals surface area contributed by atoms with Crippen LogP contribution >= 0.6 is 11.6 Å². The van der Waals surface area contributed by atoms with Crippen molar-refractivity contribution in [1.29, 1.82) is 0 Å². The van der Waals surface area contributed by atoms with Crippen LogP contribution in [-0.2, 0) is 0 Å². The molecular weight excluding hydrogens is 404 g/mol. The van der Waals surface area contributed by atoms with Crippen LogP contribution in [0.5, 0.6) is 0 Å². The first-order valence-corrected chi connectivity index (χ1v) is 9.83. The van der Waals surface area contributed by atoms with Gasteiger partial charge in [-0.3, -0.25) is 14.4 Å². The van der Waals surface area contributed by atoms with E-state index in [0.29, 0.717) is 34.2 Å². The zero-order valence-corrected chi connectivity index (χ0v) is 17.4. The average Bonchev–Trinajstić information content (AvgIpc) is 2.73. The molecule has 2 amide bonds. The summed E-state index contributed by atoms with van der Waals surface area (Å²) in [5, 5.41) is 10.2. The van der Waals surface area contributed by atoms with Gasteiger partial charge in [0, 0.05) is 34.6 Å². The topological polar surface area (TPSA) is 93.1 Å². The van der Waals surface area contributed by atoms with Crippen LogP contribution in [-0.4, -0.2) is 28.1 Å². The Morgan fingerprint density at radius 1 is 1.07 bits per heavy atom. The van der Waals surface area contributed by atoms with Crippen molar-refractivity contribution < 1.29 is 9.59 Å². The largest absolute Gasteiger partial charge is 0.352 e. The van der Waals surface area contributed by atoms with Crippen molar-refractivity contribution >= 4 is 29.1 Å². The van der Waals surface area contributed by atoms with Gasteiger partial charge < -0.3 is 10.6 Å². The lowest BCUT2D eigenvalue weighted by Crippen LogP contribution is -2.27. The van der Waals surface area contributed by atoms with Gasteiger partial charge in [0.05, 0.1) is 5.69 Å². The van der Waals surface area contributed by atoms with Crippen LogP contribution < -0.4 is 16.1 Å². The van der Waals surface area contributed by atoms with Crippen molar-refractivity contribution in [3.8, 4) is 5.69 Å². The fraction of sp³-hybridized carbons (Fsp3) is 0.182. The molecule has 2 aromatic carbocycles. The van der Waals surface area contributed by atoms with Crippen LogP contribution in [0.1, 0.15) is 39.9 Å². The number of hydrogen-bond donors (Lipinski definition) is 2. The fourth-order valence-corrected chi connectivity index (χ4v) is 2.94. The summed E-state index contributed by atoms with van der Waals surface area (Å²) in [7, 11) is 0. The van der Waals surface area contributed by atoms with E-state index in [1.165, 1.54) is 10.7 Å². The van der Waals surface area contributed by atoms with Crippen molar-refractivity contribution in [2.75, 3.05) is 11.9 Å². The summed E-state index contributed by atoms with van der Waals surface area (Å²) in [6.45, 7) is 4.25. The monoisotopic (exact) mass is 424 g/mol. The maximum Gasteiger partial charge on any atom is 0.280 e. The van der Waals surface area contributed by atoms with E-state index in [1.807, 2.05) is 6.92 Å². The Morgan fingerprint density at radius 2 is 1.80 bits per heavy atom. The minimum absolute atomic E-state index is 0.230. The van der Waals surface area contributed by atoms with Gasteiger partial charge in [0.2, 0.25) is 5.43 Å². The molecule has 0 aliphatic carbocycles. The zero-order valence-electron chi connectivity index (χ0n) is 16.6. The Hall–Kier alpha value is -3.45. The SMILES string of the molecule is CCCNC(=O)c1cccc(NC(=O)c2nn(-c3ccc(Cl)cc3)c(C)cc2=O)c1. The maximum atomic E-state index is 12.7. The van der Waals surface area contributed by atoms with Crippen LogP contribution in [0.3, 0.4) is 0 Å². The zero-order chi connectivity index (χ0) is 21.7. The minimum atomic E-state index is -0.658. The molecule has 0 aliphatic heterocycles. The van der Waals surface area contributed by atoms with Crippen LogP contribution in [0.4, 0.5) is 5.69 Å². The van der Waals surface area contributed by atoms with Gasteiger partial charge in [-0.25, -0.2) is 4.68 Å². The van der Waals surface area contributed by atoms with Crippen molar-refractivity contribution in [3.63, 3.8) is 0 Å². The van der Waals surface area contributed by atoms with Gasteiger partial charge in [0.1, 0.15) is 0 Å². The first-order chi connectivity index (χ1) is 14.4. The number of benzene rings is 2. The number of carbonyl (C=O) groups excluding carboxylic acids is 2. The normalized spacial score (nSPS) is 10.5. The maximum absolute atomic E-state index is 12.7. The molecule has 1 aromatic heterocycles. The predicted octanol–water partition coefficient (Wildman–Crippen LogP) is 3.59. The standard InChI is InChI=1S/C22H21ClN4O3/c1-3-11-24-21(29)15-5-4-6-17(13-15)25-22(30)20-19(28)12-14(2)27(26-20)18-9-7-16(23)8-10-18/h4-10,12-13H,3,11H2,1-2H3,(H,24,29)(H,25,30). The minimum Gasteiger partial charge on any atom is -0.352 e. The highest BCUT2D eigenvalue weighted by atomic mass is 35.5. The van der Waals surface area contributed by atoms with Crippen molar-refractivity contribution in [3.05, 3.63) is 86.8 Å². The number of amides is 2. The van der Waals surface area contributed by atoms with Crippen molar-refractivity contribution in [2.24, 2.45) is 0 Å². The molecule has 0 atom stereocenters. The molecule has 3 rings (SSSR count).